The van der Waals surface area contributed by atoms with Gasteiger partial charge in [-0.2, -0.15) is 0 Å². The average molecular weight is 232 g/mol. The molecule has 0 amide bonds. The molecule has 2 rings (SSSR count). The van der Waals surface area contributed by atoms with Crippen LogP contribution in [0.5, 0.6) is 0 Å². The first kappa shape index (κ1) is 11.4. The predicted octanol–water partition coefficient (Wildman–Crippen LogP) is 3.69. The Hall–Kier alpha value is -1.12. The molecule has 0 spiro atoms. The fourth-order valence-electron chi connectivity index (χ4n) is 1.54. The van der Waals surface area contributed by atoms with Crippen LogP contribution in [-0.2, 0) is 5.41 Å². The van der Waals surface area contributed by atoms with E-state index in [1.54, 1.807) is 11.3 Å². The standard InChI is InChI=1S/C14H16OS/c1-14(2,10-15)13-9-8-12(16-13)11-6-4-3-5-7-11/h3-9,15H,10H2,1-2H3. The Balaban J connectivity index is 2.34. The smallest absolute Gasteiger partial charge is 0.0530 e. The normalized spacial score (nSPS) is 11.7. The van der Waals surface area contributed by atoms with Crippen LogP contribution in [0, 0.1) is 0 Å². The molecule has 0 aliphatic carbocycles. The van der Waals surface area contributed by atoms with E-state index in [1.807, 2.05) is 18.2 Å². The van der Waals surface area contributed by atoms with E-state index in [9.17, 15) is 5.11 Å². The van der Waals surface area contributed by atoms with Gasteiger partial charge in [0.2, 0.25) is 0 Å². The van der Waals surface area contributed by atoms with E-state index >= 15 is 0 Å². The van der Waals surface area contributed by atoms with Crippen molar-refractivity contribution in [2.24, 2.45) is 0 Å². The van der Waals surface area contributed by atoms with Crippen molar-refractivity contribution in [2.45, 2.75) is 19.3 Å². The van der Waals surface area contributed by atoms with Crippen molar-refractivity contribution in [2.75, 3.05) is 6.61 Å². The lowest BCUT2D eigenvalue weighted by atomic mass is 9.93. The van der Waals surface area contributed by atoms with Crippen molar-refractivity contribution in [1.82, 2.24) is 0 Å². The highest BCUT2D eigenvalue weighted by Gasteiger charge is 2.21. The monoisotopic (exact) mass is 232 g/mol. The lowest BCUT2D eigenvalue weighted by Gasteiger charge is -2.19. The predicted molar refractivity (Wildman–Crippen MR) is 69.9 cm³/mol. The molecular weight excluding hydrogens is 216 g/mol. The Bertz CT molecular complexity index is 457. The van der Waals surface area contributed by atoms with Crippen LogP contribution in [0.3, 0.4) is 0 Å². The Morgan fingerprint density at radius 3 is 2.38 bits per heavy atom. The zero-order chi connectivity index (χ0) is 11.6. The van der Waals surface area contributed by atoms with Crippen LogP contribution < -0.4 is 0 Å². The summed E-state index contributed by atoms with van der Waals surface area (Å²) in [5.41, 5.74) is 1.10. The molecule has 1 aromatic heterocycles. The second kappa shape index (κ2) is 4.40. The Morgan fingerprint density at radius 2 is 1.75 bits per heavy atom. The number of thiophene rings is 1. The molecule has 0 atom stereocenters. The third-order valence-electron chi connectivity index (χ3n) is 2.73. The Kier molecular flexibility index (Phi) is 3.13. The van der Waals surface area contributed by atoms with Gasteiger partial charge < -0.3 is 5.11 Å². The molecule has 0 aliphatic rings. The van der Waals surface area contributed by atoms with Crippen LogP contribution in [0.1, 0.15) is 18.7 Å². The Labute approximate surface area is 100 Å². The molecular formula is C14H16OS. The van der Waals surface area contributed by atoms with E-state index in [4.69, 9.17) is 0 Å². The quantitative estimate of drug-likeness (QED) is 0.855. The minimum absolute atomic E-state index is 0.141. The number of hydrogen-bond donors (Lipinski definition) is 1. The Morgan fingerprint density at radius 1 is 1.06 bits per heavy atom. The summed E-state index contributed by atoms with van der Waals surface area (Å²) in [7, 11) is 0. The molecule has 1 heterocycles. The fraction of sp³-hybridized carbons (Fsp3) is 0.286. The second-order valence-electron chi connectivity index (χ2n) is 4.57. The zero-order valence-corrected chi connectivity index (χ0v) is 10.4. The summed E-state index contributed by atoms with van der Waals surface area (Å²) >= 11 is 1.76. The number of rotatable bonds is 3. The van der Waals surface area contributed by atoms with E-state index in [0.717, 1.165) is 0 Å². The molecule has 1 aromatic carbocycles. The van der Waals surface area contributed by atoms with Gasteiger partial charge in [0.05, 0.1) is 6.61 Å². The third kappa shape index (κ3) is 2.18. The number of benzene rings is 1. The second-order valence-corrected chi connectivity index (χ2v) is 5.66. The summed E-state index contributed by atoms with van der Waals surface area (Å²) in [5.74, 6) is 0. The summed E-state index contributed by atoms with van der Waals surface area (Å²) in [5, 5.41) is 9.33. The van der Waals surface area contributed by atoms with Gasteiger partial charge in [-0.15, -0.1) is 11.3 Å². The number of aliphatic hydroxyl groups excluding tert-OH is 1. The van der Waals surface area contributed by atoms with Gasteiger partial charge in [-0.1, -0.05) is 44.2 Å². The van der Waals surface area contributed by atoms with Crippen LogP contribution in [-0.4, -0.2) is 11.7 Å². The van der Waals surface area contributed by atoms with E-state index in [1.165, 1.54) is 15.3 Å². The summed E-state index contributed by atoms with van der Waals surface area (Å²) in [6.45, 7) is 4.31. The maximum Gasteiger partial charge on any atom is 0.0530 e. The van der Waals surface area contributed by atoms with Crippen LogP contribution in [0.25, 0.3) is 10.4 Å². The highest BCUT2D eigenvalue weighted by Crippen LogP contribution is 2.34. The lowest BCUT2D eigenvalue weighted by Crippen LogP contribution is -2.20. The maximum atomic E-state index is 9.33. The molecule has 2 heteroatoms. The fourth-order valence-corrected chi connectivity index (χ4v) is 2.64. The lowest BCUT2D eigenvalue weighted by molar-refractivity contribution is 0.221. The van der Waals surface area contributed by atoms with Crippen molar-refractivity contribution in [3.63, 3.8) is 0 Å². The molecule has 1 N–H and O–H groups in total. The topological polar surface area (TPSA) is 20.2 Å². The molecule has 2 aromatic rings. The first-order valence-electron chi connectivity index (χ1n) is 5.40. The van der Waals surface area contributed by atoms with Gasteiger partial charge in [0, 0.05) is 15.2 Å². The average Bonchev–Trinajstić information content (AvgIpc) is 2.80. The molecule has 16 heavy (non-hydrogen) atoms. The van der Waals surface area contributed by atoms with Crippen molar-refractivity contribution >= 4 is 11.3 Å². The van der Waals surface area contributed by atoms with Crippen LogP contribution in [0.4, 0.5) is 0 Å². The summed E-state index contributed by atoms with van der Waals surface area (Å²) in [4.78, 5) is 2.49. The van der Waals surface area contributed by atoms with Crippen molar-refractivity contribution in [3.05, 3.63) is 47.3 Å². The zero-order valence-electron chi connectivity index (χ0n) is 9.60. The van der Waals surface area contributed by atoms with E-state index in [0.29, 0.717) is 0 Å². The van der Waals surface area contributed by atoms with Crippen molar-refractivity contribution in [3.8, 4) is 10.4 Å². The third-order valence-corrected chi connectivity index (χ3v) is 4.23. The van der Waals surface area contributed by atoms with Gasteiger partial charge >= 0.3 is 0 Å². The molecule has 0 fully saturated rings. The van der Waals surface area contributed by atoms with Crippen LogP contribution in [0.2, 0.25) is 0 Å². The molecule has 0 bridgehead atoms. The molecule has 0 saturated heterocycles. The van der Waals surface area contributed by atoms with Gasteiger partial charge in [0.1, 0.15) is 0 Å². The number of aliphatic hydroxyl groups is 1. The SMILES string of the molecule is CC(C)(CO)c1ccc(-c2ccccc2)s1. The molecule has 0 radical (unpaired) electrons. The largest absolute Gasteiger partial charge is 0.395 e. The molecule has 0 aliphatic heterocycles. The molecule has 84 valence electrons. The van der Waals surface area contributed by atoms with E-state index in [-0.39, 0.29) is 12.0 Å². The van der Waals surface area contributed by atoms with Gasteiger partial charge in [0.15, 0.2) is 0 Å². The first-order chi connectivity index (χ1) is 7.63. The van der Waals surface area contributed by atoms with Crippen LogP contribution >= 0.6 is 11.3 Å². The van der Waals surface area contributed by atoms with Gasteiger partial charge in [-0.25, -0.2) is 0 Å². The maximum absolute atomic E-state index is 9.33. The molecule has 1 nitrogen and oxygen atoms in total. The minimum Gasteiger partial charge on any atom is -0.395 e. The summed E-state index contributed by atoms with van der Waals surface area (Å²) in [6.07, 6.45) is 0. The van der Waals surface area contributed by atoms with Crippen molar-refractivity contribution in [1.29, 1.82) is 0 Å². The summed E-state index contributed by atoms with van der Waals surface area (Å²) in [6, 6.07) is 14.6. The minimum atomic E-state index is -0.141. The van der Waals surface area contributed by atoms with Crippen molar-refractivity contribution < 1.29 is 5.11 Å². The number of hydrogen-bond acceptors (Lipinski definition) is 2. The summed E-state index contributed by atoms with van der Waals surface area (Å²) < 4.78 is 0. The van der Waals surface area contributed by atoms with Gasteiger partial charge in [-0.05, 0) is 17.7 Å². The first-order valence-corrected chi connectivity index (χ1v) is 6.22. The van der Waals surface area contributed by atoms with E-state index in [2.05, 4.69) is 38.1 Å². The molecule has 0 unspecified atom stereocenters. The van der Waals surface area contributed by atoms with Gasteiger partial charge in [0.25, 0.3) is 0 Å². The van der Waals surface area contributed by atoms with E-state index < -0.39 is 0 Å². The highest BCUT2D eigenvalue weighted by atomic mass is 32.1. The van der Waals surface area contributed by atoms with Crippen LogP contribution in [0.15, 0.2) is 42.5 Å². The highest BCUT2D eigenvalue weighted by molar-refractivity contribution is 7.15. The molecule has 0 saturated carbocycles. The van der Waals surface area contributed by atoms with Gasteiger partial charge in [-0.3, -0.25) is 0 Å².